The van der Waals surface area contributed by atoms with Crippen LogP contribution in [0.1, 0.15) is 34.0 Å². The summed E-state index contributed by atoms with van der Waals surface area (Å²) in [6, 6.07) is 26.3. The number of nitrogens with zero attached hydrogens (tertiary/aromatic N) is 2. The molecule has 3 aromatic carbocycles. The molecule has 1 fully saturated rings. The van der Waals surface area contributed by atoms with Crippen molar-refractivity contribution in [3.63, 3.8) is 0 Å². The molecule has 0 bridgehead atoms. The van der Waals surface area contributed by atoms with E-state index < -0.39 is 0 Å². The number of hydrogen-bond donors (Lipinski definition) is 2. The Morgan fingerprint density at radius 2 is 1.78 bits per heavy atom. The molecule has 0 aliphatic carbocycles. The number of piperazine rings is 1. The fourth-order valence-corrected chi connectivity index (χ4v) is 4.14. The minimum atomic E-state index is -0.181. The Morgan fingerprint density at radius 3 is 2.53 bits per heavy atom. The van der Waals surface area contributed by atoms with Crippen molar-refractivity contribution >= 4 is 5.91 Å². The van der Waals surface area contributed by atoms with Gasteiger partial charge in [0.15, 0.2) is 0 Å². The van der Waals surface area contributed by atoms with Crippen molar-refractivity contribution < 1.29 is 4.79 Å². The summed E-state index contributed by atoms with van der Waals surface area (Å²) < 4.78 is 0. The number of hydrogen-bond acceptors (Lipinski definition) is 4. The van der Waals surface area contributed by atoms with Gasteiger partial charge in [-0.1, -0.05) is 42.5 Å². The fourth-order valence-electron chi connectivity index (χ4n) is 4.14. The van der Waals surface area contributed by atoms with Gasteiger partial charge in [0.05, 0.1) is 11.6 Å². The number of amides is 1. The molecule has 1 atom stereocenters. The summed E-state index contributed by atoms with van der Waals surface area (Å²) in [7, 11) is 0. The highest BCUT2D eigenvalue weighted by Crippen LogP contribution is 2.22. The van der Waals surface area contributed by atoms with Gasteiger partial charge < -0.3 is 10.6 Å². The molecule has 2 N–H and O–H groups in total. The third kappa shape index (κ3) is 5.61. The highest BCUT2D eigenvalue weighted by molar-refractivity contribution is 5.94. The monoisotopic (exact) mass is 424 g/mol. The second-order valence-electron chi connectivity index (χ2n) is 8.37. The summed E-state index contributed by atoms with van der Waals surface area (Å²) in [5.41, 5.74) is 5.64. The summed E-state index contributed by atoms with van der Waals surface area (Å²) in [4.78, 5) is 15.0. The Bertz CT molecular complexity index is 1130. The number of nitrogens with one attached hydrogen (secondary N) is 2. The molecule has 5 nitrogen and oxygen atoms in total. The summed E-state index contributed by atoms with van der Waals surface area (Å²) in [5, 5.41) is 15.5. The summed E-state index contributed by atoms with van der Waals surface area (Å²) in [5.74, 6) is -0.181. The smallest absolute Gasteiger partial charge is 0.251 e. The largest absolute Gasteiger partial charge is 0.348 e. The van der Waals surface area contributed by atoms with Crippen LogP contribution in [0.2, 0.25) is 0 Å². The van der Waals surface area contributed by atoms with E-state index in [0.717, 1.165) is 37.3 Å². The van der Waals surface area contributed by atoms with E-state index in [9.17, 15) is 4.79 Å². The average Bonchev–Trinajstić information content (AvgIpc) is 2.83. The predicted octanol–water partition coefficient (Wildman–Crippen LogP) is 3.95. The van der Waals surface area contributed by atoms with Gasteiger partial charge in [-0.3, -0.25) is 9.69 Å². The fraction of sp³-hybridized carbons (Fsp3) is 0.259. The van der Waals surface area contributed by atoms with E-state index in [-0.39, 0.29) is 5.91 Å². The number of benzene rings is 3. The van der Waals surface area contributed by atoms with Crippen LogP contribution in [0.3, 0.4) is 0 Å². The van der Waals surface area contributed by atoms with Crippen LogP contribution in [-0.2, 0) is 13.1 Å². The average molecular weight is 425 g/mol. The lowest BCUT2D eigenvalue weighted by molar-refractivity contribution is 0.0951. The molecule has 0 unspecified atom stereocenters. The maximum Gasteiger partial charge on any atom is 0.251 e. The normalized spacial score (nSPS) is 16.3. The first-order chi connectivity index (χ1) is 15.6. The first kappa shape index (κ1) is 21.8. The van der Waals surface area contributed by atoms with E-state index >= 15 is 0 Å². The van der Waals surface area contributed by atoms with Gasteiger partial charge >= 0.3 is 0 Å². The molecule has 4 rings (SSSR count). The maximum atomic E-state index is 12.5. The van der Waals surface area contributed by atoms with E-state index in [1.54, 1.807) is 24.3 Å². The predicted molar refractivity (Wildman–Crippen MR) is 127 cm³/mol. The standard InChI is InChI=1S/C27H28N4O/c1-20-18-31(12-11-29-20)19-23-7-4-9-25(15-23)24-8-3-6-22(14-24)17-30-27(32)26-10-2-5-21(13-26)16-28/h2-10,13-15,20,29H,11-12,17-19H2,1H3,(H,30,32)/t20-/m0/s1. The van der Waals surface area contributed by atoms with Crippen LogP contribution in [0.4, 0.5) is 0 Å². The Kier molecular flexibility index (Phi) is 6.96. The van der Waals surface area contributed by atoms with Gasteiger partial charge in [0.2, 0.25) is 0 Å². The van der Waals surface area contributed by atoms with Gasteiger partial charge in [0.25, 0.3) is 5.91 Å². The molecule has 0 aromatic heterocycles. The minimum absolute atomic E-state index is 0.181. The third-order valence-corrected chi connectivity index (χ3v) is 5.75. The van der Waals surface area contributed by atoms with Crippen LogP contribution in [0, 0.1) is 11.3 Å². The quantitative estimate of drug-likeness (QED) is 0.629. The molecule has 1 saturated heterocycles. The van der Waals surface area contributed by atoms with Crippen molar-refractivity contribution in [1.29, 1.82) is 5.26 Å². The molecule has 1 heterocycles. The van der Waals surface area contributed by atoms with Crippen molar-refractivity contribution in [3.8, 4) is 17.2 Å². The molecule has 0 radical (unpaired) electrons. The van der Waals surface area contributed by atoms with Crippen LogP contribution in [0.25, 0.3) is 11.1 Å². The van der Waals surface area contributed by atoms with Crippen molar-refractivity contribution in [3.05, 3.63) is 95.1 Å². The van der Waals surface area contributed by atoms with Crippen molar-refractivity contribution in [2.75, 3.05) is 19.6 Å². The van der Waals surface area contributed by atoms with Crippen molar-refractivity contribution in [1.82, 2.24) is 15.5 Å². The van der Waals surface area contributed by atoms with Crippen LogP contribution in [0.5, 0.6) is 0 Å². The zero-order valence-electron chi connectivity index (χ0n) is 18.3. The van der Waals surface area contributed by atoms with Crippen LogP contribution in [-0.4, -0.2) is 36.5 Å². The Morgan fingerprint density at radius 1 is 1.06 bits per heavy atom. The first-order valence-corrected chi connectivity index (χ1v) is 11.0. The highest BCUT2D eigenvalue weighted by atomic mass is 16.1. The van der Waals surface area contributed by atoms with E-state index in [1.807, 2.05) is 12.1 Å². The van der Waals surface area contributed by atoms with Gasteiger partial charge in [-0.25, -0.2) is 0 Å². The highest BCUT2D eigenvalue weighted by Gasteiger charge is 2.15. The van der Waals surface area contributed by atoms with Crippen molar-refractivity contribution in [2.45, 2.75) is 26.1 Å². The molecule has 5 heteroatoms. The van der Waals surface area contributed by atoms with Gasteiger partial charge in [-0.05, 0) is 59.5 Å². The third-order valence-electron chi connectivity index (χ3n) is 5.75. The lowest BCUT2D eigenvalue weighted by Crippen LogP contribution is -2.48. The second kappa shape index (κ2) is 10.2. The zero-order valence-corrected chi connectivity index (χ0v) is 18.3. The van der Waals surface area contributed by atoms with Gasteiger partial charge in [0, 0.05) is 44.3 Å². The Balaban J connectivity index is 1.42. The Labute approximate surface area is 189 Å². The molecule has 0 saturated carbocycles. The lowest BCUT2D eigenvalue weighted by Gasteiger charge is -2.31. The molecular weight excluding hydrogens is 396 g/mol. The molecule has 3 aromatic rings. The Hall–Kier alpha value is -3.46. The van der Waals surface area contributed by atoms with Crippen molar-refractivity contribution in [2.24, 2.45) is 0 Å². The number of rotatable bonds is 6. The van der Waals surface area contributed by atoms with E-state index in [1.165, 1.54) is 11.1 Å². The van der Waals surface area contributed by atoms with Crippen LogP contribution in [0.15, 0.2) is 72.8 Å². The molecule has 1 aliphatic rings. The summed E-state index contributed by atoms with van der Waals surface area (Å²) in [6.07, 6.45) is 0. The topological polar surface area (TPSA) is 68.2 Å². The number of carbonyl (C=O) groups is 1. The molecule has 162 valence electrons. The number of nitriles is 1. The van der Waals surface area contributed by atoms with Crippen LogP contribution < -0.4 is 10.6 Å². The zero-order chi connectivity index (χ0) is 22.3. The minimum Gasteiger partial charge on any atom is -0.348 e. The molecule has 1 aliphatic heterocycles. The second-order valence-corrected chi connectivity index (χ2v) is 8.37. The first-order valence-electron chi connectivity index (χ1n) is 11.0. The molecule has 0 spiro atoms. The lowest BCUT2D eigenvalue weighted by atomic mass is 10.0. The number of carbonyl (C=O) groups excluding carboxylic acids is 1. The van der Waals surface area contributed by atoms with Gasteiger partial charge in [-0.15, -0.1) is 0 Å². The molecule has 1 amide bonds. The molecular formula is C27H28N4O. The summed E-state index contributed by atoms with van der Waals surface area (Å²) in [6.45, 7) is 6.79. The summed E-state index contributed by atoms with van der Waals surface area (Å²) >= 11 is 0. The van der Waals surface area contributed by atoms with Gasteiger partial charge in [0.1, 0.15) is 0 Å². The SMILES string of the molecule is C[C@H]1CN(Cc2cccc(-c3cccc(CNC(=O)c4cccc(C#N)c4)c3)c2)CCN1. The van der Waals surface area contributed by atoms with Crippen LogP contribution >= 0.6 is 0 Å². The molecule has 32 heavy (non-hydrogen) atoms. The van der Waals surface area contributed by atoms with E-state index in [0.29, 0.717) is 23.7 Å². The van der Waals surface area contributed by atoms with Gasteiger partial charge in [-0.2, -0.15) is 5.26 Å². The van der Waals surface area contributed by atoms with E-state index in [4.69, 9.17) is 5.26 Å². The van der Waals surface area contributed by atoms with E-state index in [2.05, 4.69) is 64.9 Å². The maximum absolute atomic E-state index is 12.5.